The molecule has 2 rings (SSSR count). The predicted octanol–water partition coefficient (Wildman–Crippen LogP) is 2.82. The number of hydrogen-bond acceptors (Lipinski definition) is 3. The number of para-hydroxylation sites is 1. The molecule has 0 aliphatic heterocycles. The molecule has 0 spiro atoms. The molecule has 7 heteroatoms. The van der Waals surface area contributed by atoms with E-state index in [1.54, 1.807) is 0 Å². The lowest BCUT2D eigenvalue weighted by Gasteiger charge is -2.09. The molecule has 1 aromatic heterocycles. The Balaban J connectivity index is 2.35. The van der Waals surface area contributed by atoms with Gasteiger partial charge in [0.2, 0.25) is 0 Å². The molecule has 20 heavy (non-hydrogen) atoms. The molecule has 0 aliphatic rings. The Kier molecular flexibility index (Phi) is 3.95. The van der Waals surface area contributed by atoms with Crippen LogP contribution in [0.2, 0.25) is 5.02 Å². The summed E-state index contributed by atoms with van der Waals surface area (Å²) in [6.07, 6.45) is 1.32. The van der Waals surface area contributed by atoms with Crippen molar-refractivity contribution in [2.45, 2.75) is 0 Å². The maximum atomic E-state index is 13.6. The minimum Gasteiger partial charge on any atom is -0.478 e. The molecule has 1 heterocycles. The van der Waals surface area contributed by atoms with E-state index in [-0.39, 0.29) is 16.3 Å². The summed E-state index contributed by atoms with van der Waals surface area (Å²) in [4.78, 5) is 26.7. The number of amides is 1. The van der Waals surface area contributed by atoms with Gasteiger partial charge < -0.3 is 10.4 Å². The fraction of sp³-hybridized carbons (Fsp3) is 0. The number of carbonyl (C=O) groups excluding carboxylic acids is 1. The molecule has 0 unspecified atom stereocenters. The molecule has 0 radical (unpaired) electrons. The Morgan fingerprint density at radius 1 is 1.30 bits per heavy atom. The highest BCUT2D eigenvalue weighted by molar-refractivity contribution is 6.31. The van der Waals surface area contributed by atoms with Crippen LogP contribution in [-0.4, -0.2) is 22.0 Å². The number of nitrogens with one attached hydrogen (secondary N) is 1. The molecule has 102 valence electrons. The van der Waals surface area contributed by atoms with Gasteiger partial charge in [-0.3, -0.25) is 9.78 Å². The van der Waals surface area contributed by atoms with Gasteiger partial charge in [-0.15, -0.1) is 0 Å². The lowest BCUT2D eigenvalue weighted by Crippen LogP contribution is -2.17. The first-order chi connectivity index (χ1) is 9.49. The molecule has 5 nitrogen and oxygen atoms in total. The van der Waals surface area contributed by atoms with Crippen LogP contribution in [0.25, 0.3) is 0 Å². The predicted molar refractivity (Wildman–Crippen MR) is 70.6 cm³/mol. The van der Waals surface area contributed by atoms with Gasteiger partial charge in [-0.1, -0.05) is 17.7 Å². The van der Waals surface area contributed by atoms with Gasteiger partial charge in [-0.2, -0.15) is 0 Å². The number of hydrogen-bond donors (Lipinski definition) is 2. The van der Waals surface area contributed by atoms with Crippen molar-refractivity contribution in [3.8, 4) is 0 Å². The van der Waals surface area contributed by atoms with Crippen molar-refractivity contribution in [1.29, 1.82) is 0 Å². The van der Waals surface area contributed by atoms with E-state index >= 15 is 0 Å². The second-order valence-electron chi connectivity index (χ2n) is 3.78. The number of anilines is 1. The largest absolute Gasteiger partial charge is 0.478 e. The number of halogens is 2. The van der Waals surface area contributed by atoms with Crippen molar-refractivity contribution < 1.29 is 19.1 Å². The van der Waals surface area contributed by atoms with Gasteiger partial charge in [0.25, 0.3) is 5.91 Å². The minimum absolute atomic E-state index is 0.0444. The Hall–Kier alpha value is -2.47. The molecule has 0 saturated heterocycles. The van der Waals surface area contributed by atoms with Gasteiger partial charge >= 0.3 is 5.97 Å². The van der Waals surface area contributed by atoms with Gasteiger partial charge in [-0.25, -0.2) is 9.18 Å². The monoisotopic (exact) mass is 294 g/mol. The quantitative estimate of drug-likeness (QED) is 0.912. The SMILES string of the molecule is O=C(Nc1c(F)cccc1C(=O)O)c1cc(Cl)ccn1. The van der Waals surface area contributed by atoms with Crippen LogP contribution in [0.4, 0.5) is 10.1 Å². The zero-order valence-electron chi connectivity index (χ0n) is 9.93. The average molecular weight is 295 g/mol. The molecule has 1 aromatic carbocycles. The summed E-state index contributed by atoms with van der Waals surface area (Å²) in [6.45, 7) is 0. The number of carboxylic acid groups (broad SMARTS) is 1. The smallest absolute Gasteiger partial charge is 0.337 e. The van der Waals surface area contributed by atoms with Crippen molar-refractivity contribution in [3.05, 3.63) is 58.6 Å². The molecular formula is C13H8ClFN2O3. The van der Waals surface area contributed by atoms with Crippen molar-refractivity contribution in [2.75, 3.05) is 5.32 Å². The van der Waals surface area contributed by atoms with Crippen molar-refractivity contribution in [2.24, 2.45) is 0 Å². The molecule has 0 saturated carbocycles. The number of nitrogens with zero attached hydrogens (tertiary/aromatic N) is 1. The molecule has 0 bridgehead atoms. The summed E-state index contributed by atoms with van der Waals surface area (Å²) in [7, 11) is 0. The van der Waals surface area contributed by atoms with Crippen LogP contribution in [0.15, 0.2) is 36.5 Å². The molecule has 2 N–H and O–H groups in total. The summed E-state index contributed by atoms with van der Waals surface area (Å²) in [5.41, 5.74) is -0.802. The number of pyridine rings is 1. The van der Waals surface area contributed by atoms with Gasteiger partial charge in [0, 0.05) is 11.2 Å². The number of aromatic nitrogens is 1. The van der Waals surface area contributed by atoms with Crippen LogP contribution in [0.1, 0.15) is 20.8 Å². The van der Waals surface area contributed by atoms with Crippen molar-refractivity contribution >= 4 is 29.2 Å². The minimum atomic E-state index is -1.35. The Morgan fingerprint density at radius 2 is 2.05 bits per heavy atom. The summed E-state index contributed by atoms with van der Waals surface area (Å²) in [6, 6.07) is 6.24. The van der Waals surface area contributed by atoms with Gasteiger partial charge in [-0.05, 0) is 24.3 Å². The molecule has 1 amide bonds. The van der Waals surface area contributed by atoms with Crippen molar-refractivity contribution in [3.63, 3.8) is 0 Å². The first kappa shape index (κ1) is 14.0. The third-order valence-electron chi connectivity index (χ3n) is 2.44. The zero-order chi connectivity index (χ0) is 14.7. The summed E-state index contributed by atoms with van der Waals surface area (Å²) >= 11 is 5.72. The molecule has 0 fully saturated rings. The topological polar surface area (TPSA) is 79.3 Å². The zero-order valence-corrected chi connectivity index (χ0v) is 10.7. The van der Waals surface area contributed by atoms with E-state index in [9.17, 15) is 14.0 Å². The van der Waals surface area contributed by atoms with E-state index in [0.717, 1.165) is 6.07 Å². The Labute approximate surface area is 118 Å². The Morgan fingerprint density at radius 3 is 2.70 bits per heavy atom. The second-order valence-corrected chi connectivity index (χ2v) is 4.22. The van der Waals surface area contributed by atoms with E-state index in [2.05, 4.69) is 10.3 Å². The molecule has 2 aromatic rings. The first-order valence-corrected chi connectivity index (χ1v) is 5.81. The number of carbonyl (C=O) groups is 2. The lowest BCUT2D eigenvalue weighted by atomic mass is 10.1. The Bertz CT molecular complexity index is 691. The van der Waals surface area contributed by atoms with Gasteiger partial charge in [0.1, 0.15) is 11.5 Å². The van der Waals surface area contributed by atoms with Crippen LogP contribution in [0.5, 0.6) is 0 Å². The van der Waals surface area contributed by atoms with Crippen molar-refractivity contribution in [1.82, 2.24) is 4.98 Å². The van der Waals surface area contributed by atoms with Crippen LogP contribution >= 0.6 is 11.6 Å². The number of carboxylic acids is 1. The molecular weight excluding hydrogens is 287 g/mol. The highest BCUT2D eigenvalue weighted by Gasteiger charge is 2.18. The van der Waals surface area contributed by atoms with E-state index < -0.39 is 23.4 Å². The summed E-state index contributed by atoms with van der Waals surface area (Å²) < 4.78 is 13.6. The fourth-order valence-corrected chi connectivity index (χ4v) is 1.70. The molecule has 0 aliphatic carbocycles. The van der Waals surface area contributed by atoms with E-state index in [4.69, 9.17) is 16.7 Å². The maximum absolute atomic E-state index is 13.6. The third-order valence-corrected chi connectivity index (χ3v) is 2.67. The van der Waals surface area contributed by atoms with E-state index in [1.807, 2.05) is 0 Å². The second kappa shape index (κ2) is 5.66. The van der Waals surface area contributed by atoms with Gasteiger partial charge in [0.05, 0.1) is 11.3 Å². The number of rotatable bonds is 3. The van der Waals surface area contributed by atoms with Crippen LogP contribution in [0, 0.1) is 5.82 Å². The van der Waals surface area contributed by atoms with Crippen LogP contribution in [-0.2, 0) is 0 Å². The lowest BCUT2D eigenvalue weighted by molar-refractivity contribution is 0.0697. The third kappa shape index (κ3) is 2.92. The summed E-state index contributed by atoms with van der Waals surface area (Å²) in [5.74, 6) is -2.95. The number of aromatic carboxylic acids is 1. The summed E-state index contributed by atoms with van der Waals surface area (Å²) in [5, 5.41) is 11.4. The molecule has 0 atom stereocenters. The van der Waals surface area contributed by atoms with E-state index in [1.165, 1.54) is 30.5 Å². The van der Waals surface area contributed by atoms with Crippen LogP contribution < -0.4 is 5.32 Å². The van der Waals surface area contributed by atoms with Gasteiger partial charge in [0.15, 0.2) is 0 Å². The normalized spacial score (nSPS) is 10.1. The first-order valence-electron chi connectivity index (χ1n) is 5.44. The van der Waals surface area contributed by atoms with E-state index in [0.29, 0.717) is 0 Å². The highest BCUT2D eigenvalue weighted by Crippen LogP contribution is 2.21. The average Bonchev–Trinajstić information content (AvgIpc) is 2.40. The fourth-order valence-electron chi connectivity index (χ4n) is 1.54. The number of benzene rings is 1. The van der Waals surface area contributed by atoms with Crippen LogP contribution in [0.3, 0.4) is 0 Å². The maximum Gasteiger partial charge on any atom is 0.337 e. The standard InChI is InChI=1S/C13H8ClFN2O3/c14-7-4-5-16-10(6-7)12(18)17-11-8(13(19)20)2-1-3-9(11)15/h1-6H,(H,17,18)(H,19,20). The highest BCUT2D eigenvalue weighted by atomic mass is 35.5.